The number of nitrogen functional groups attached to an aromatic ring is 1. The third-order valence-electron chi connectivity index (χ3n) is 1.54. The normalized spacial score (nSPS) is 8.86. The molecular formula is C8H8N6. The summed E-state index contributed by atoms with van der Waals surface area (Å²) >= 11 is 0. The number of nitriles is 2. The summed E-state index contributed by atoms with van der Waals surface area (Å²) in [6, 6.07) is 3.62. The molecule has 0 bridgehead atoms. The van der Waals surface area contributed by atoms with Gasteiger partial charge in [0.05, 0.1) is 0 Å². The maximum Gasteiger partial charge on any atom is 0.184 e. The second kappa shape index (κ2) is 3.58. The topological polar surface area (TPSA) is 103 Å². The first kappa shape index (κ1) is 9.75. The second-order valence-corrected chi connectivity index (χ2v) is 2.75. The van der Waals surface area contributed by atoms with Crippen molar-refractivity contribution in [2.75, 3.05) is 24.7 Å². The summed E-state index contributed by atoms with van der Waals surface area (Å²) in [5.41, 5.74) is 5.54. The first-order chi connectivity index (χ1) is 6.60. The molecule has 0 aromatic carbocycles. The minimum atomic E-state index is -0.0212. The fourth-order valence-corrected chi connectivity index (χ4v) is 0.908. The van der Waals surface area contributed by atoms with Gasteiger partial charge in [-0.25, -0.2) is 9.97 Å². The smallest absolute Gasteiger partial charge is 0.184 e. The Hall–Kier alpha value is -2.34. The van der Waals surface area contributed by atoms with Crippen LogP contribution in [0.5, 0.6) is 0 Å². The minimum Gasteiger partial charge on any atom is -0.381 e. The van der Waals surface area contributed by atoms with Crippen molar-refractivity contribution in [3.05, 3.63) is 11.4 Å². The lowest BCUT2D eigenvalue weighted by atomic mass is 10.3. The van der Waals surface area contributed by atoms with Crippen molar-refractivity contribution < 1.29 is 0 Å². The predicted octanol–water partition coefficient (Wildman–Crippen LogP) is -0.132. The molecule has 0 fully saturated rings. The quantitative estimate of drug-likeness (QED) is 0.658. The largest absolute Gasteiger partial charge is 0.381 e. The van der Waals surface area contributed by atoms with Crippen LogP contribution in [0, 0.1) is 22.7 Å². The molecule has 1 aromatic rings. The Labute approximate surface area is 81.2 Å². The number of nitrogens with two attached hydrogens (primary N) is 1. The Bertz CT molecular complexity index is 436. The molecule has 0 atom stereocenters. The van der Waals surface area contributed by atoms with E-state index in [0.717, 1.165) is 0 Å². The van der Waals surface area contributed by atoms with E-state index in [1.165, 1.54) is 0 Å². The van der Waals surface area contributed by atoms with Crippen molar-refractivity contribution >= 4 is 11.6 Å². The molecule has 2 N–H and O–H groups in total. The fourth-order valence-electron chi connectivity index (χ4n) is 0.908. The highest BCUT2D eigenvalue weighted by Crippen LogP contribution is 2.16. The fraction of sp³-hybridized carbons (Fsp3) is 0.250. The highest BCUT2D eigenvalue weighted by Gasteiger charge is 2.12. The van der Waals surface area contributed by atoms with E-state index in [9.17, 15) is 0 Å². The molecule has 0 saturated heterocycles. The molecule has 6 heteroatoms. The van der Waals surface area contributed by atoms with Gasteiger partial charge in [0.25, 0.3) is 0 Å². The predicted molar refractivity (Wildman–Crippen MR) is 50.2 cm³/mol. The first-order valence-corrected chi connectivity index (χ1v) is 3.75. The zero-order chi connectivity index (χ0) is 10.7. The van der Waals surface area contributed by atoms with E-state index in [1.807, 2.05) is 6.07 Å². The maximum atomic E-state index is 8.75. The van der Waals surface area contributed by atoms with Crippen molar-refractivity contribution in [1.29, 1.82) is 10.5 Å². The highest BCUT2D eigenvalue weighted by molar-refractivity contribution is 5.56. The Morgan fingerprint density at radius 3 is 2.14 bits per heavy atom. The summed E-state index contributed by atoms with van der Waals surface area (Å²) in [6.07, 6.45) is 0. The lowest BCUT2D eigenvalue weighted by molar-refractivity contribution is 1.02. The van der Waals surface area contributed by atoms with Gasteiger partial charge in [-0.2, -0.15) is 10.5 Å². The molecule has 14 heavy (non-hydrogen) atoms. The standard InChI is InChI=1S/C8H8N6/c1-14(2)8-6(4-10)12-5(3-9)7(11)13-8/h1-2H3,(H2,11,13). The van der Waals surface area contributed by atoms with E-state index in [0.29, 0.717) is 5.82 Å². The van der Waals surface area contributed by atoms with Gasteiger partial charge in [0.1, 0.15) is 12.1 Å². The van der Waals surface area contributed by atoms with Crippen LogP contribution in [0.25, 0.3) is 0 Å². The van der Waals surface area contributed by atoms with Gasteiger partial charge in [-0.05, 0) is 0 Å². The average Bonchev–Trinajstić information content (AvgIpc) is 2.17. The van der Waals surface area contributed by atoms with E-state index >= 15 is 0 Å². The van der Waals surface area contributed by atoms with Crippen molar-refractivity contribution in [1.82, 2.24) is 9.97 Å². The van der Waals surface area contributed by atoms with Gasteiger partial charge in [0.15, 0.2) is 23.0 Å². The number of aromatic nitrogens is 2. The molecule has 0 spiro atoms. The second-order valence-electron chi connectivity index (χ2n) is 2.75. The van der Waals surface area contributed by atoms with E-state index in [1.54, 1.807) is 25.1 Å². The third-order valence-corrected chi connectivity index (χ3v) is 1.54. The molecule has 0 aliphatic carbocycles. The van der Waals surface area contributed by atoms with Crippen LogP contribution in [-0.4, -0.2) is 24.1 Å². The average molecular weight is 188 g/mol. The SMILES string of the molecule is CN(C)c1nc(N)c(C#N)nc1C#N. The summed E-state index contributed by atoms with van der Waals surface area (Å²) in [5, 5.41) is 17.4. The van der Waals surface area contributed by atoms with Crippen LogP contribution in [0.3, 0.4) is 0 Å². The Balaban J connectivity index is 3.43. The lowest BCUT2D eigenvalue weighted by Gasteiger charge is -2.12. The molecule has 1 heterocycles. The van der Waals surface area contributed by atoms with E-state index in [-0.39, 0.29) is 17.2 Å². The molecule has 0 radical (unpaired) electrons. The van der Waals surface area contributed by atoms with Gasteiger partial charge < -0.3 is 10.6 Å². The first-order valence-electron chi connectivity index (χ1n) is 3.75. The number of hydrogen-bond donors (Lipinski definition) is 1. The van der Waals surface area contributed by atoms with Gasteiger partial charge in [0.2, 0.25) is 0 Å². The number of rotatable bonds is 1. The molecule has 0 aliphatic heterocycles. The van der Waals surface area contributed by atoms with Crippen LogP contribution in [0.1, 0.15) is 11.4 Å². The molecular weight excluding hydrogens is 180 g/mol. The summed E-state index contributed by atoms with van der Waals surface area (Å²) in [7, 11) is 3.44. The Morgan fingerprint density at radius 2 is 1.71 bits per heavy atom. The van der Waals surface area contributed by atoms with Crippen molar-refractivity contribution in [3.63, 3.8) is 0 Å². The zero-order valence-corrected chi connectivity index (χ0v) is 7.81. The maximum absolute atomic E-state index is 8.75. The Kier molecular flexibility index (Phi) is 2.49. The molecule has 1 aromatic heterocycles. The summed E-state index contributed by atoms with van der Waals surface area (Å²) in [5.74, 6) is 0.402. The molecule has 1 rings (SSSR count). The highest BCUT2D eigenvalue weighted by atomic mass is 15.2. The van der Waals surface area contributed by atoms with Crippen molar-refractivity contribution in [2.24, 2.45) is 0 Å². The summed E-state index contributed by atoms with van der Waals surface area (Å²) < 4.78 is 0. The number of hydrogen-bond acceptors (Lipinski definition) is 6. The van der Waals surface area contributed by atoms with Crippen LogP contribution >= 0.6 is 0 Å². The van der Waals surface area contributed by atoms with E-state index < -0.39 is 0 Å². The Morgan fingerprint density at radius 1 is 1.14 bits per heavy atom. The number of nitrogens with zero attached hydrogens (tertiary/aromatic N) is 5. The van der Waals surface area contributed by atoms with Crippen molar-refractivity contribution in [3.8, 4) is 12.1 Å². The number of anilines is 2. The van der Waals surface area contributed by atoms with Crippen LogP contribution in [0.2, 0.25) is 0 Å². The molecule has 6 nitrogen and oxygen atoms in total. The van der Waals surface area contributed by atoms with Gasteiger partial charge in [-0.1, -0.05) is 0 Å². The third kappa shape index (κ3) is 1.54. The van der Waals surface area contributed by atoms with Gasteiger partial charge in [-0.3, -0.25) is 0 Å². The molecule has 0 aliphatic rings. The minimum absolute atomic E-state index is 0.0212. The van der Waals surface area contributed by atoms with E-state index in [4.69, 9.17) is 16.3 Å². The van der Waals surface area contributed by atoms with Crippen LogP contribution in [-0.2, 0) is 0 Å². The van der Waals surface area contributed by atoms with Crippen LogP contribution in [0.15, 0.2) is 0 Å². The van der Waals surface area contributed by atoms with Gasteiger partial charge in [-0.15, -0.1) is 0 Å². The molecule has 0 amide bonds. The molecule has 0 unspecified atom stereocenters. The van der Waals surface area contributed by atoms with Crippen molar-refractivity contribution in [2.45, 2.75) is 0 Å². The zero-order valence-electron chi connectivity index (χ0n) is 7.81. The molecule has 0 saturated carbocycles. The van der Waals surface area contributed by atoms with Gasteiger partial charge in [0, 0.05) is 14.1 Å². The van der Waals surface area contributed by atoms with Crippen LogP contribution < -0.4 is 10.6 Å². The monoisotopic (exact) mass is 188 g/mol. The van der Waals surface area contributed by atoms with E-state index in [2.05, 4.69) is 9.97 Å². The van der Waals surface area contributed by atoms with Crippen LogP contribution in [0.4, 0.5) is 11.6 Å². The summed E-state index contributed by atoms with van der Waals surface area (Å²) in [6.45, 7) is 0. The summed E-state index contributed by atoms with van der Waals surface area (Å²) in [4.78, 5) is 9.30. The lowest BCUT2D eigenvalue weighted by Crippen LogP contribution is -2.15. The molecule has 70 valence electrons. The van der Waals surface area contributed by atoms with Gasteiger partial charge >= 0.3 is 0 Å².